The minimum absolute atomic E-state index is 0.0376. The molecular formula is C21H28O12. The van der Waals surface area contributed by atoms with Gasteiger partial charge in [-0.3, -0.25) is 0 Å². The van der Waals surface area contributed by atoms with Gasteiger partial charge in [-0.1, -0.05) is 6.07 Å². The Morgan fingerprint density at radius 1 is 1.15 bits per heavy atom. The zero-order valence-electron chi connectivity index (χ0n) is 18.0. The Morgan fingerprint density at radius 3 is 2.61 bits per heavy atom. The smallest absolute Gasteiger partial charge is 0.330 e. The molecule has 12 heteroatoms. The summed E-state index contributed by atoms with van der Waals surface area (Å²) in [4.78, 5) is 12.1. The molecule has 0 aliphatic carbocycles. The van der Waals surface area contributed by atoms with E-state index in [9.17, 15) is 30.3 Å². The molecule has 1 aromatic rings. The van der Waals surface area contributed by atoms with Crippen molar-refractivity contribution in [3.8, 4) is 11.5 Å². The summed E-state index contributed by atoms with van der Waals surface area (Å²) in [7, 11) is 2.71. The summed E-state index contributed by atoms with van der Waals surface area (Å²) in [5.74, 6) is -0.504. The molecule has 0 unspecified atom stereocenters. The zero-order chi connectivity index (χ0) is 24.1. The van der Waals surface area contributed by atoms with Crippen LogP contribution in [0.1, 0.15) is 5.56 Å². The first-order chi connectivity index (χ1) is 15.7. The van der Waals surface area contributed by atoms with E-state index in [0.29, 0.717) is 5.56 Å². The summed E-state index contributed by atoms with van der Waals surface area (Å²) in [5.41, 5.74) is 0.586. The largest absolute Gasteiger partial charge is 0.504 e. The second kappa shape index (κ2) is 11.2. The van der Waals surface area contributed by atoms with Gasteiger partial charge >= 0.3 is 5.97 Å². The van der Waals surface area contributed by atoms with Crippen LogP contribution in [0.4, 0.5) is 0 Å². The molecule has 8 atom stereocenters. The molecule has 0 spiro atoms. The van der Waals surface area contributed by atoms with Crippen molar-refractivity contribution in [1.29, 1.82) is 0 Å². The van der Waals surface area contributed by atoms with Gasteiger partial charge in [-0.15, -0.1) is 0 Å². The van der Waals surface area contributed by atoms with Crippen LogP contribution >= 0.6 is 0 Å². The number of phenols is 1. The fourth-order valence-electron chi connectivity index (χ4n) is 3.48. The molecule has 3 rings (SSSR count). The van der Waals surface area contributed by atoms with Gasteiger partial charge in [0.05, 0.1) is 13.7 Å². The maximum atomic E-state index is 12.1. The fraction of sp³-hybridized carbons (Fsp3) is 0.571. The van der Waals surface area contributed by atoms with E-state index in [1.807, 2.05) is 0 Å². The Kier molecular flexibility index (Phi) is 8.62. The lowest BCUT2D eigenvalue weighted by molar-refractivity contribution is -0.299. The monoisotopic (exact) mass is 472 g/mol. The van der Waals surface area contributed by atoms with Crippen molar-refractivity contribution in [3.05, 3.63) is 29.8 Å². The predicted molar refractivity (Wildman–Crippen MR) is 109 cm³/mol. The van der Waals surface area contributed by atoms with Gasteiger partial charge in [0.2, 0.25) is 0 Å². The van der Waals surface area contributed by atoms with Gasteiger partial charge in [0, 0.05) is 13.2 Å². The van der Waals surface area contributed by atoms with E-state index in [-0.39, 0.29) is 24.7 Å². The standard InChI is InChI=1S/C21H28O12/c1-28-13-7-10(3-5-11(13)22)4-6-15(24)30-9-14-16(25)19(29-2)21(32-14)33-18-12(23)8-31-20(27)17(18)26/h3-7,12,14,16-23,25-27H,8-9H2,1-2H3/b6-4-/t12-,14+,16+,17-,18+,19-,20-,21+/m1/s1. The highest BCUT2D eigenvalue weighted by Gasteiger charge is 2.49. The molecule has 12 nitrogen and oxygen atoms in total. The number of aromatic hydroxyl groups is 1. The maximum absolute atomic E-state index is 12.1. The number of esters is 1. The molecule has 0 saturated carbocycles. The van der Waals surface area contributed by atoms with Crippen LogP contribution in [0.15, 0.2) is 24.3 Å². The lowest BCUT2D eigenvalue weighted by Crippen LogP contribution is -2.56. The van der Waals surface area contributed by atoms with Gasteiger partial charge in [0.15, 0.2) is 24.1 Å². The number of aliphatic hydroxyl groups is 4. The summed E-state index contributed by atoms with van der Waals surface area (Å²) in [6.07, 6.45) is -7.46. The highest BCUT2D eigenvalue weighted by molar-refractivity contribution is 5.87. The second-order valence-corrected chi connectivity index (χ2v) is 7.51. The molecule has 33 heavy (non-hydrogen) atoms. The molecule has 2 aliphatic rings. The summed E-state index contributed by atoms with van der Waals surface area (Å²) < 4.78 is 31.3. The lowest BCUT2D eigenvalue weighted by Gasteiger charge is -2.37. The highest BCUT2D eigenvalue weighted by atomic mass is 16.7. The van der Waals surface area contributed by atoms with Crippen LogP contribution in [-0.4, -0.2) is 108 Å². The Labute approximate surface area is 189 Å². The van der Waals surface area contributed by atoms with E-state index >= 15 is 0 Å². The summed E-state index contributed by atoms with van der Waals surface area (Å²) in [6.45, 7) is -0.597. The van der Waals surface area contributed by atoms with E-state index in [1.54, 1.807) is 6.07 Å². The molecule has 0 bridgehead atoms. The first kappa shape index (κ1) is 25.3. The van der Waals surface area contributed by atoms with Crippen molar-refractivity contribution < 1.29 is 58.7 Å². The third-order valence-corrected chi connectivity index (χ3v) is 5.31. The number of carbonyl (C=O) groups is 1. The van der Waals surface area contributed by atoms with E-state index in [2.05, 4.69) is 0 Å². The van der Waals surface area contributed by atoms with Gasteiger partial charge in [0.25, 0.3) is 0 Å². The van der Waals surface area contributed by atoms with Crippen molar-refractivity contribution in [3.63, 3.8) is 0 Å². The minimum Gasteiger partial charge on any atom is -0.504 e. The molecule has 2 saturated heterocycles. The summed E-state index contributed by atoms with van der Waals surface area (Å²) in [5, 5.41) is 49.7. The average molecular weight is 472 g/mol. The summed E-state index contributed by atoms with van der Waals surface area (Å²) >= 11 is 0. The zero-order valence-corrected chi connectivity index (χ0v) is 18.0. The van der Waals surface area contributed by atoms with Crippen LogP contribution in [0.3, 0.4) is 0 Å². The van der Waals surface area contributed by atoms with Crippen LogP contribution in [-0.2, 0) is 28.5 Å². The van der Waals surface area contributed by atoms with E-state index in [0.717, 1.165) is 6.08 Å². The molecular weight excluding hydrogens is 444 g/mol. The summed E-state index contributed by atoms with van der Waals surface area (Å²) in [6, 6.07) is 4.53. The highest BCUT2D eigenvalue weighted by Crippen LogP contribution is 2.29. The molecule has 2 heterocycles. The minimum atomic E-state index is -1.55. The third-order valence-electron chi connectivity index (χ3n) is 5.31. The van der Waals surface area contributed by atoms with Gasteiger partial charge in [-0.25, -0.2) is 4.79 Å². The van der Waals surface area contributed by atoms with Crippen LogP contribution in [0.25, 0.3) is 6.08 Å². The Hall–Kier alpha value is -2.29. The molecule has 184 valence electrons. The number of benzene rings is 1. The van der Waals surface area contributed by atoms with Gasteiger partial charge in [-0.05, 0) is 23.8 Å². The normalized spacial score (nSPS) is 34.5. The topological polar surface area (TPSA) is 174 Å². The van der Waals surface area contributed by atoms with Crippen LogP contribution in [0.2, 0.25) is 0 Å². The van der Waals surface area contributed by atoms with Crippen LogP contribution in [0.5, 0.6) is 11.5 Å². The molecule has 1 aromatic carbocycles. The quantitative estimate of drug-likeness (QED) is 0.219. The molecule has 0 amide bonds. The number of methoxy groups -OCH3 is 2. The molecule has 0 radical (unpaired) electrons. The number of rotatable bonds is 8. The van der Waals surface area contributed by atoms with Crippen LogP contribution in [0, 0.1) is 0 Å². The molecule has 5 N–H and O–H groups in total. The first-order valence-corrected chi connectivity index (χ1v) is 10.1. The Morgan fingerprint density at radius 2 is 1.91 bits per heavy atom. The van der Waals surface area contributed by atoms with Gasteiger partial charge in [-0.2, -0.15) is 0 Å². The SMILES string of the molecule is COc1cc(/C=C\C(=O)OC[C@@H]2O[C@@H](O[C@@H]3[C@@H](O)[C@H](O)OC[C@H]3O)[C@H](OC)[C@H]2O)ccc1O. The third kappa shape index (κ3) is 5.99. The van der Waals surface area contributed by atoms with Crippen LogP contribution < -0.4 is 4.74 Å². The van der Waals surface area contributed by atoms with Gasteiger partial charge < -0.3 is 54.0 Å². The first-order valence-electron chi connectivity index (χ1n) is 10.1. The number of hydrogen-bond donors (Lipinski definition) is 5. The molecule has 0 aromatic heterocycles. The van der Waals surface area contributed by atoms with Crippen molar-refractivity contribution in [1.82, 2.24) is 0 Å². The Bertz CT molecular complexity index is 829. The van der Waals surface area contributed by atoms with Crippen molar-refractivity contribution in [2.45, 2.75) is 49.2 Å². The second-order valence-electron chi connectivity index (χ2n) is 7.51. The van der Waals surface area contributed by atoms with Crippen molar-refractivity contribution in [2.75, 3.05) is 27.4 Å². The lowest BCUT2D eigenvalue weighted by atomic mass is 10.0. The molecule has 2 aliphatic heterocycles. The predicted octanol–water partition coefficient (Wildman–Crippen LogP) is -1.49. The molecule has 2 fully saturated rings. The number of hydrogen-bond acceptors (Lipinski definition) is 12. The van der Waals surface area contributed by atoms with E-state index in [4.69, 9.17) is 28.4 Å². The van der Waals surface area contributed by atoms with E-state index < -0.39 is 55.2 Å². The van der Waals surface area contributed by atoms with Crippen molar-refractivity contribution in [2.24, 2.45) is 0 Å². The Balaban J connectivity index is 1.56. The number of ether oxygens (including phenoxy) is 6. The number of carbonyl (C=O) groups excluding carboxylic acids is 1. The van der Waals surface area contributed by atoms with Crippen molar-refractivity contribution >= 4 is 12.0 Å². The number of aliphatic hydroxyl groups excluding tert-OH is 4. The maximum Gasteiger partial charge on any atom is 0.330 e. The number of phenolic OH excluding ortho intramolecular Hbond substituents is 1. The average Bonchev–Trinajstić information content (AvgIpc) is 3.11. The van der Waals surface area contributed by atoms with E-state index in [1.165, 1.54) is 32.4 Å². The fourth-order valence-corrected chi connectivity index (χ4v) is 3.48. The van der Waals surface area contributed by atoms with Gasteiger partial charge in [0.1, 0.15) is 43.2 Å².